The van der Waals surface area contributed by atoms with E-state index < -0.39 is 0 Å². The molecular weight excluding hydrogens is 218 g/mol. The predicted octanol–water partition coefficient (Wildman–Crippen LogP) is 3.19. The van der Waals surface area contributed by atoms with Crippen molar-refractivity contribution in [1.82, 2.24) is 4.37 Å². The van der Waals surface area contributed by atoms with Crippen molar-refractivity contribution < 1.29 is 0 Å². The van der Waals surface area contributed by atoms with Crippen molar-refractivity contribution in [2.75, 3.05) is 17.2 Å². The van der Waals surface area contributed by atoms with Crippen LogP contribution in [0.5, 0.6) is 0 Å². The zero-order valence-corrected chi connectivity index (χ0v) is 10.3. The predicted molar refractivity (Wildman–Crippen MR) is 70.4 cm³/mol. The third-order valence-corrected chi connectivity index (χ3v) is 3.24. The van der Waals surface area contributed by atoms with E-state index in [0.717, 1.165) is 11.5 Å². The molecule has 16 heavy (non-hydrogen) atoms. The van der Waals surface area contributed by atoms with Crippen molar-refractivity contribution in [3.8, 4) is 0 Å². The van der Waals surface area contributed by atoms with Crippen LogP contribution in [0.1, 0.15) is 12.5 Å². The smallest absolute Gasteiger partial charge is 0.139 e. The quantitative estimate of drug-likeness (QED) is 0.885. The van der Waals surface area contributed by atoms with Crippen LogP contribution in [0.4, 0.5) is 16.5 Å². The number of aromatic nitrogens is 1. The first-order chi connectivity index (χ1) is 7.70. The third-order valence-electron chi connectivity index (χ3n) is 2.41. The van der Waals surface area contributed by atoms with Crippen LogP contribution in [-0.4, -0.2) is 10.9 Å². The molecule has 0 spiro atoms. The van der Waals surface area contributed by atoms with Gasteiger partial charge in [-0.3, -0.25) is 0 Å². The molecule has 2 aromatic rings. The van der Waals surface area contributed by atoms with Crippen molar-refractivity contribution in [3.63, 3.8) is 0 Å². The molecule has 1 aromatic heterocycles. The van der Waals surface area contributed by atoms with Crippen LogP contribution in [0.2, 0.25) is 0 Å². The molecule has 0 unspecified atom stereocenters. The van der Waals surface area contributed by atoms with Crippen LogP contribution >= 0.6 is 11.5 Å². The van der Waals surface area contributed by atoms with Crippen LogP contribution in [-0.2, 0) is 0 Å². The second kappa shape index (κ2) is 4.53. The Morgan fingerprint density at radius 3 is 2.75 bits per heavy atom. The monoisotopic (exact) mass is 233 g/mol. The highest BCUT2D eigenvalue weighted by Gasteiger charge is 2.10. The largest absolute Gasteiger partial charge is 0.383 e. The van der Waals surface area contributed by atoms with E-state index in [4.69, 9.17) is 5.73 Å². The van der Waals surface area contributed by atoms with Gasteiger partial charge in [0.2, 0.25) is 0 Å². The molecule has 3 nitrogen and oxygen atoms in total. The van der Waals surface area contributed by atoms with E-state index in [2.05, 4.69) is 47.4 Å². The fourth-order valence-corrected chi connectivity index (χ4v) is 2.43. The molecule has 1 heterocycles. The van der Waals surface area contributed by atoms with E-state index >= 15 is 0 Å². The minimum Gasteiger partial charge on any atom is -0.383 e. The van der Waals surface area contributed by atoms with Gasteiger partial charge in [0.25, 0.3) is 0 Å². The van der Waals surface area contributed by atoms with Crippen molar-refractivity contribution in [1.29, 1.82) is 0 Å². The Labute approximate surface area is 99.7 Å². The first-order valence-electron chi connectivity index (χ1n) is 5.27. The average molecular weight is 233 g/mol. The Morgan fingerprint density at radius 2 is 2.19 bits per heavy atom. The maximum Gasteiger partial charge on any atom is 0.139 e. The van der Waals surface area contributed by atoms with Crippen LogP contribution in [0.25, 0.3) is 0 Å². The Morgan fingerprint density at radius 1 is 1.38 bits per heavy atom. The Balaban J connectivity index is 2.36. The van der Waals surface area contributed by atoms with Gasteiger partial charge in [0, 0.05) is 18.3 Å². The number of aryl methyl sites for hydroxylation is 1. The molecule has 0 aliphatic carbocycles. The molecule has 0 bridgehead atoms. The van der Waals surface area contributed by atoms with E-state index in [-0.39, 0.29) is 0 Å². The van der Waals surface area contributed by atoms with Gasteiger partial charge < -0.3 is 10.6 Å². The molecule has 0 atom stereocenters. The maximum atomic E-state index is 5.65. The number of benzene rings is 1. The van der Waals surface area contributed by atoms with Crippen molar-refractivity contribution in [2.24, 2.45) is 0 Å². The van der Waals surface area contributed by atoms with E-state index in [1.807, 2.05) is 6.07 Å². The molecule has 84 valence electrons. The van der Waals surface area contributed by atoms with Gasteiger partial charge in [0.1, 0.15) is 10.8 Å². The van der Waals surface area contributed by atoms with Crippen LogP contribution < -0.4 is 10.6 Å². The molecule has 0 amide bonds. The van der Waals surface area contributed by atoms with Crippen LogP contribution in [0.3, 0.4) is 0 Å². The molecule has 0 radical (unpaired) electrons. The van der Waals surface area contributed by atoms with E-state index in [1.54, 1.807) is 0 Å². The zero-order chi connectivity index (χ0) is 11.5. The number of nitrogen functional groups attached to an aromatic ring is 1. The summed E-state index contributed by atoms with van der Waals surface area (Å²) in [5, 5.41) is 1.09. The van der Waals surface area contributed by atoms with Gasteiger partial charge in [-0.05, 0) is 43.1 Å². The minimum atomic E-state index is 0.589. The van der Waals surface area contributed by atoms with Gasteiger partial charge in [0.15, 0.2) is 0 Å². The Bertz CT molecular complexity index is 479. The lowest BCUT2D eigenvalue weighted by atomic mass is 10.2. The summed E-state index contributed by atoms with van der Waals surface area (Å²) in [4.78, 5) is 2.21. The molecule has 0 aliphatic rings. The van der Waals surface area contributed by atoms with Gasteiger partial charge in [-0.2, -0.15) is 4.37 Å². The summed E-state index contributed by atoms with van der Waals surface area (Å²) >= 11 is 1.43. The van der Waals surface area contributed by atoms with E-state index in [9.17, 15) is 0 Å². The first kappa shape index (κ1) is 11.0. The lowest BCUT2D eigenvalue weighted by molar-refractivity contribution is 1.04. The van der Waals surface area contributed by atoms with Crippen molar-refractivity contribution >= 4 is 28.0 Å². The summed E-state index contributed by atoms with van der Waals surface area (Å²) in [6.45, 7) is 5.13. The lowest BCUT2D eigenvalue weighted by Crippen LogP contribution is -2.14. The van der Waals surface area contributed by atoms with Gasteiger partial charge >= 0.3 is 0 Å². The highest BCUT2D eigenvalue weighted by atomic mass is 32.1. The maximum absolute atomic E-state index is 5.65. The van der Waals surface area contributed by atoms with Crippen LogP contribution in [0, 0.1) is 6.92 Å². The summed E-state index contributed by atoms with van der Waals surface area (Å²) in [6, 6.07) is 10.3. The molecule has 4 heteroatoms. The lowest BCUT2D eigenvalue weighted by Gasteiger charge is -2.20. The van der Waals surface area contributed by atoms with Gasteiger partial charge in [0.05, 0.1) is 0 Å². The van der Waals surface area contributed by atoms with Crippen LogP contribution in [0.15, 0.2) is 30.3 Å². The highest BCUT2D eigenvalue weighted by Crippen LogP contribution is 2.30. The van der Waals surface area contributed by atoms with E-state index in [0.29, 0.717) is 5.82 Å². The van der Waals surface area contributed by atoms with Gasteiger partial charge in [-0.1, -0.05) is 12.1 Å². The summed E-state index contributed by atoms with van der Waals surface area (Å²) in [6.07, 6.45) is 0. The number of rotatable bonds is 3. The van der Waals surface area contributed by atoms with Crippen molar-refractivity contribution in [3.05, 3.63) is 35.9 Å². The van der Waals surface area contributed by atoms with Crippen molar-refractivity contribution in [2.45, 2.75) is 13.8 Å². The van der Waals surface area contributed by atoms with E-state index in [1.165, 1.54) is 22.8 Å². The Kier molecular flexibility index (Phi) is 3.10. The number of nitrogens with zero attached hydrogens (tertiary/aromatic N) is 2. The summed E-state index contributed by atoms with van der Waals surface area (Å²) in [7, 11) is 0. The fraction of sp³-hybridized carbons (Fsp3) is 0.250. The first-order valence-corrected chi connectivity index (χ1v) is 6.04. The zero-order valence-electron chi connectivity index (χ0n) is 9.47. The number of hydrogen-bond acceptors (Lipinski definition) is 4. The minimum absolute atomic E-state index is 0.589. The van der Waals surface area contributed by atoms with Gasteiger partial charge in [-0.25, -0.2) is 0 Å². The fourth-order valence-electron chi connectivity index (χ4n) is 1.67. The molecule has 0 saturated carbocycles. The molecular formula is C12H15N3S. The second-order valence-corrected chi connectivity index (χ2v) is 4.46. The molecule has 2 N–H and O–H groups in total. The highest BCUT2D eigenvalue weighted by molar-refractivity contribution is 7.10. The molecule has 0 aliphatic heterocycles. The topological polar surface area (TPSA) is 42.1 Å². The normalized spacial score (nSPS) is 10.4. The SMILES string of the molecule is CCN(c1cccc(C)c1)c1cc(N)ns1. The number of hydrogen-bond donors (Lipinski definition) is 1. The second-order valence-electron chi connectivity index (χ2n) is 3.67. The summed E-state index contributed by atoms with van der Waals surface area (Å²) < 4.78 is 4.11. The summed E-state index contributed by atoms with van der Waals surface area (Å²) in [5.41, 5.74) is 8.10. The molecule has 1 aromatic carbocycles. The molecule has 0 saturated heterocycles. The Hall–Kier alpha value is -1.55. The third kappa shape index (κ3) is 2.17. The average Bonchev–Trinajstić information content (AvgIpc) is 2.66. The number of anilines is 3. The summed E-state index contributed by atoms with van der Waals surface area (Å²) in [5.74, 6) is 0.589. The number of nitrogens with two attached hydrogens (primary N) is 1. The molecule has 2 rings (SSSR count). The molecule has 0 fully saturated rings. The standard InChI is InChI=1S/C12H15N3S/c1-3-15(12-8-11(13)14-16-12)10-6-4-5-9(2)7-10/h4-8H,3H2,1-2H3,(H2,13,14). The van der Waals surface area contributed by atoms with Gasteiger partial charge in [-0.15, -0.1) is 0 Å².